The second-order valence-electron chi connectivity index (χ2n) is 5.89. The molecule has 5 nitrogen and oxygen atoms in total. The first kappa shape index (κ1) is 18.6. The number of carbonyl (C=O) groups is 2. The van der Waals surface area contributed by atoms with E-state index in [9.17, 15) is 14.7 Å². The quantitative estimate of drug-likeness (QED) is 0.843. The van der Waals surface area contributed by atoms with Gasteiger partial charge in [-0.05, 0) is 23.8 Å². The molecule has 1 saturated heterocycles. The average molecular weight is 392 g/mol. The van der Waals surface area contributed by atoms with Gasteiger partial charge in [0.05, 0.1) is 13.5 Å². The average Bonchev–Trinajstić information content (AvgIpc) is 3.08. The van der Waals surface area contributed by atoms with E-state index in [-0.39, 0.29) is 12.3 Å². The highest BCUT2D eigenvalue weighted by molar-refractivity contribution is 7.99. The summed E-state index contributed by atoms with van der Waals surface area (Å²) in [6.07, 6.45) is 0.120. The standard InChI is InChI=1S/C19H18ClNO4S/c1-25-13-8-6-12(7-9-13)10-17(22)21-16(19(23)24)11-26-18(21)14-4-2-3-5-15(14)20/h2-9,16,18H,10-11H2,1H3,(H,23,24). The smallest absolute Gasteiger partial charge is 0.327 e. The Kier molecular flexibility index (Phi) is 5.74. The molecule has 1 heterocycles. The lowest BCUT2D eigenvalue weighted by Gasteiger charge is -2.28. The Balaban J connectivity index is 1.87. The summed E-state index contributed by atoms with van der Waals surface area (Å²) in [7, 11) is 1.58. The van der Waals surface area contributed by atoms with Crippen LogP contribution in [0.1, 0.15) is 16.5 Å². The van der Waals surface area contributed by atoms with E-state index in [0.717, 1.165) is 11.1 Å². The number of carbonyl (C=O) groups excluding carboxylic acids is 1. The van der Waals surface area contributed by atoms with Gasteiger partial charge in [-0.3, -0.25) is 4.79 Å². The molecule has 1 aliphatic heterocycles. The lowest BCUT2D eigenvalue weighted by molar-refractivity contribution is -0.148. The normalized spacial score (nSPS) is 19.4. The third kappa shape index (κ3) is 3.81. The van der Waals surface area contributed by atoms with E-state index in [1.807, 2.05) is 18.2 Å². The number of nitrogens with zero attached hydrogens (tertiary/aromatic N) is 1. The zero-order valence-electron chi connectivity index (χ0n) is 14.1. The Morgan fingerprint density at radius 1 is 1.23 bits per heavy atom. The Hall–Kier alpha value is -2.18. The number of rotatable bonds is 5. The van der Waals surface area contributed by atoms with Gasteiger partial charge in [0.15, 0.2) is 0 Å². The zero-order valence-corrected chi connectivity index (χ0v) is 15.7. The van der Waals surface area contributed by atoms with Gasteiger partial charge in [-0.2, -0.15) is 0 Å². The van der Waals surface area contributed by atoms with Crippen LogP contribution in [0.3, 0.4) is 0 Å². The third-order valence-electron chi connectivity index (χ3n) is 4.26. The lowest BCUT2D eigenvalue weighted by Crippen LogP contribution is -2.43. The molecule has 0 spiro atoms. The molecule has 0 radical (unpaired) electrons. The molecule has 0 saturated carbocycles. The fourth-order valence-electron chi connectivity index (χ4n) is 2.93. The van der Waals surface area contributed by atoms with E-state index in [2.05, 4.69) is 0 Å². The first-order valence-electron chi connectivity index (χ1n) is 8.04. The number of carboxylic acids is 1. The fraction of sp³-hybridized carbons (Fsp3) is 0.263. The molecule has 2 unspecified atom stereocenters. The minimum Gasteiger partial charge on any atom is -0.497 e. The predicted octanol–water partition coefficient (Wildman–Crippen LogP) is 3.62. The van der Waals surface area contributed by atoms with Crippen molar-refractivity contribution in [2.24, 2.45) is 0 Å². The zero-order chi connectivity index (χ0) is 18.7. The highest BCUT2D eigenvalue weighted by atomic mass is 35.5. The summed E-state index contributed by atoms with van der Waals surface area (Å²) in [5.41, 5.74) is 1.56. The maximum atomic E-state index is 13.0. The van der Waals surface area contributed by atoms with Crippen molar-refractivity contribution in [3.05, 3.63) is 64.7 Å². The van der Waals surface area contributed by atoms with Crippen molar-refractivity contribution in [3.8, 4) is 5.75 Å². The van der Waals surface area contributed by atoms with Gasteiger partial charge in [0.1, 0.15) is 17.2 Å². The van der Waals surface area contributed by atoms with Gasteiger partial charge in [-0.25, -0.2) is 4.79 Å². The number of methoxy groups -OCH3 is 1. The van der Waals surface area contributed by atoms with Gasteiger partial charge in [0, 0.05) is 16.3 Å². The van der Waals surface area contributed by atoms with Gasteiger partial charge in [0.2, 0.25) is 5.91 Å². The van der Waals surface area contributed by atoms with Crippen LogP contribution in [-0.4, -0.2) is 40.8 Å². The Labute approximate surface area is 160 Å². The number of hydrogen-bond acceptors (Lipinski definition) is 4. The molecule has 0 aromatic heterocycles. The molecule has 26 heavy (non-hydrogen) atoms. The number of benzene rings is 2. The van der Waals surface area contributed by atoms with Crippen molar-refractivity contribution in [2.75, 3.05) is 12.9 Å². The lowest BCUT2D eigenvalue weighted by atomic mass is 10.1. The van der Waals surface area contributed by atoms with E-state index in [4.69, 9.17) is 16.3 Å². The molecule has 2 aromatic rings. The van der Waals surface area contributed by atoms with Crippen LogP contribution < -0.4 is 4.74 Å². The molecule has 1 amide bonds. The van der Waals surface area contributed by atoms with Crippen LogP contribution in [0.4, 0.5) is 0 Å². The molecule has 7 heteroatoms. The van der Waals surface area contributed by atoms with Crippen molar-refractivity contribution in [2.45, 2.75) is 17.8 Å². The van der Waals surface area contributed by atoms with E-state index in [1.54, 1.807) is 37.4 Å². The van der Waals surface area contributed by atoms with Crippen LogP contribution in [0.5, 0.6) is 5.75 Å². The van der Waals surface area contributed by atoms with Crippen LogP contribution in [0.25, 0.3) is 0 Å². The van der Waals surface area contributed by atoms with Gasteiger partial charge < -0.3 is 14.7 Å². The second kappa shape index (κ2) is 8.01. The molecule has 2 aromatic carbocycles. The molecule has 0 bridgehead atoms. The summed E-state index contributed by atoms with van der Waals surface area (Å²) in [6, 6.07) is 13.5. The summed E-state index contributed by atoms with van der Waals surface area (Å²) >= 11 is 7.70. The van der Waals surface area contributed by atoms with Crippen molar-refractivity contribution >= 4 is 35.2 Å². The second-order valence-corrected chi connectivity index (χ2v) is 7.41. The molecular weight excluding hydrogens is 374 g/mol. The molecule has 2 atom stereocenters. The summed E-state index contributed by atoms with van der Waals surface area (Å²) < 4.78 is 5.12. The first-order chi connectivity index (χ1) is 12.5. The van der Waals surface area contributed by atoms with E-state index in [1.165, 1.54) is 16.7 Å². The molecule has 1 N–H and O–H groups in total. The number of hydrogen-bond donors (Lipinski definition) is 1. The van der Waals surface area contributed by atoms with Crippen LogP contribution in [0.2, 0.25) is 5.02 Å². The van der Waals surface area contributed by atoms with E-state index >= 15 is 0 Å². The fourth-order valence-corrected chi connectivity index (χ4v) is 4.71. The summed E-state index contributed by atoms with van der Waals surface area (Å²) in [5, 5.41) is 9.66. The van der Waals surface area contributed by atoms with Crippen LogP contribution in [-0.2, 0) is 16.0 Å². The van der Waals surface area contributed by atoms with Crippen molar-refractivity contribution in [1.29, 1.82) is 0 Å². The summed E-state index contributed by atoms with van der Waals surface area (Å²) in [6.45, 7) is 0. The Morgan fingerprint density at radius 3 is 2.54 bits per heavy atom. The summed E-state index contributed by atoms with van der Waals surface area (Å²) in [5.74, 6) is -0.206. The molecule has 3 rings (SSSR count). The summed E-state index contributed by atoms with van der Waals surface area (Å²) in [4.78, 5) is 26.1. The molecule has 1 fully saturated rings. The minimum atomic E-state index is -1.00. The molecular formula is C19H18ClNO4S. The van der Waals surface area contributed by atoms with Crippen molar-refractivity contribution in [1.82, 2.24) is 4.90 Å². The van der Waals surface area contributed by atoms with E-state index < -0.39 is 17.4 Å². The maximum absolute atomic E-state index is 13.0. The van der Waals surface area contributed by atoms with Crippen LogP contribution in [0, 0.1) is 0 Å². The number of carboxylic acid groups (broad SMARTS) is 1. The number of aliphatic carboxylic acids is 1. The Bertz CT molecular complexity index is 811. The molecule has 0 aliphatic carbocycles. The minimum absolute atomic E-state index is 0.120. The maximum Gasteiger partial charge on any atom is 0.327 e. The van der Waals surface area contributed by atoms with Gasteiger partial charge in [-0.1, -0.05) is 41.9 Å². The van der Waals surface area contributed by atoms with Gasteiger partial charge in [0.25, 0.3) is 0 Å². The number of thioether (sulfide) groups is 1. The topological polar surface area (TPSA) is 66.8 Å². The first-order valence-corrected chi connectivity index (χ1v) is 9.47. The van der Waals surface area contributed by atoms with Crippen LogP contribution in [0.15, 0.2) is 48.5 Å². The number of amides is 1. The molecule has 1 aliphatic rings. The Morgan fingerprint density at radius 2 is 1.92 bits per heavy atom. The van der Waals surface area contributed by atoms with Gasteiger partial charge in [-0.15, -0.1) is 11.8 Å². The molecule has 136 valence electrons. The van der Waals surface area contributed by atoms with Crippen molar-refractivity contribution < 1.29 is 19.4 Å². The monoisotopic (exact) mass is 391 g/mol. The number of ether oxygens (including phenoxy) is 1. The largest absolute Gasteiger partial charge is 0.497 e. The van der Waals surface area contributed by atoms with Crippen molar-refractivity contribution in [3.63, 3.8) is 0 Å². The number of halogens is 1. The van der Waals surface area contributed by atoms with E-state index in [0.29, 0.717) is 16.5 Å². The highest BCUT2D eigenvalue weighted by Crippen LogP contribution is 2.44. The predicted molar refractivity (Wildman–Crippen MR) is 102 cm³/mol. The third-order valence-corrected chi connectivity index (χ3v) is 5.91. The SMILES string of the molecule is COc1ccc(CC(=O)N2C(C(=O)O)CSC2c2ccccc2Cl)cc1. The van der Waals surface area contributed by atoms with Gasteiger partial charge >= 0.3 is 5.97 Å². The highest BCUT2D eigenvalue weighted by Gasteiger charge is 2.42. The van der Waals surface area contributed by atoms with Crippen LogP contribution >= 0.6 is 23.4 Å².